The van der Waals surface area contributed by atoms with E-state index in [0.29, 0.717) is 10.9 Å². The molecule has 0 radical (unpaired) electrons. The van der Waals surface area contributed by atoms with Crippen LogP contribution >= 0.6 is 0 Å². The average Bonchev–Trinajstić information content (AvgIpc) is 2.47. The molecule has 19 heavy (non-hydrogen) atoms. The molecule has 1 aliphatic rings. The molecule has 0 atom stereocenters. The Balaban J connectivity index is 2.14. The molecule has 0 saturated carbocycles. The van der Waals surface area contributed by atoms with Gasteiger partial charge < -0.3 is 4.74 Å². The summed E-state index contributed by atoms with van der Waals surface area (Å²) in [7, 11) is 2.21. The Morgan fingerprint density at radius 3 is 2.47 bits per heavy atom. The van der Waals surface area contributed by atoms with E-state index in [4.69, 9.17) is 4.74 Å². The van der Waals surface area contributed by atoms with E-state index >= 15 is 0 Å². The first-order valence-corrected chi connectivity index (χ1v) is 8.61. The van der Waals surface area contributed by atoms with Gasteiger partial charge in [-0.1, -0.05) is 11.6 Å². The van der Waals surface area contributed by atoms with Crippen LogP contribution < -0.4 is 4.74 Å². The fourth-order valence-corrected chi connectivity index (χ4v) is 5.39. The van der Waals surface area contributed by atoms with Crippen molar-refractivity contribution in [2.45, 2.75) is 31.1 Å². The number of rotatable bonds is 2. The molecule has 3 rings (SSSR count). The third-order valence-electron chi connectivity index (χ3n) is 3.90. The Morgan fingerprint density at radius 2 is 1.74 bits per heavy atom. The first kappa shape index (κ1) is 12.9. The number of hydrogen-bond donors (Lipinski definition) is 0. The van der Waals surface area contributed by atoms with E-state index in [1.807, 2.05) is 0 Å². The predicted molar refractivity (Wildman–Crippen MR) is 84.5 cm³/mol. The van der Waals surface area contributed by atoms with Crippen molar-refractivity contribution in [1.82, 2.24) is 0 Å². The molecule has 100 valence electrons. The van der Waals surface area contributed by atoms with E-state index in [2.05, 4.69) is 37.3 Å². The number of ether oxygens (including phenoxy) is 1. The smallest absolute Gasteiger partial charge is 0.162 e. The Kier molecular flexibility index (Phi) is 3.69. The summed E-state index contributed by atoms with van der Waals surface area (Å²) in [5, 5.41) is 2.67. The van der Waals surface area contributed by atoms with Crippen LogP contribution in [0.15, 0.2) is 35.2 Å². The van der Waals surface area contributed by atoms with Crippen molar-refractivity contribution < 1.29 is 4.74 Å². The standard InChI is InChI=1S/C17H21OS/c1-13-6-7-14-15(12-13)16(18-2)8-9-17(14)19-10-4-3-5-11-19/h6-9,12H,3-5,10-11H2,1-2H3/q+1. The second kappa shape index (κ2) is 5.46. The van der Waals surface area contributed by atoms with Crippen molar-refractivity contribution in [3.63, 3.8) is 0 Å². The van der Waals surface area contributed by atoms with Crippen LogP contribution in [0, 0.1) is 6.92 Å². The molecule has 0 bridgehead atoms. The van der Waals surface area contributed by atoms with E-state index in [0.717, 1.165) is 5.75 Å². The molecule has 0 aliphatic carbocycles. The summed E-state index contributed by atoms with van der Waals surface area (Å²) in [5.41, 5.74) is 1.30. The maximum Gasteiger partial charge on any atom is 0.162 e. The quantitative estimate of drug-likeness (QED) is 0.741. The minimum atomic E-state index is 0.445. The van der Waals surface area contributed by atoms with E-state index in [9.17, 15) is 0 Å². The first-order chi connectivity index (χ1) is 9.29. The lowest BCUT2D eigenvalue weighted by molar-refractivity contribution is 0.419. The average molecular weight is 273 g/mol. The normalized spacial score (nSPS) is 16.7. The molecular formula is C17H21OS+. The molecule has 2 aromatic carbocycles. The Morgan fingerprint density at radius 1 is 0.947 bits per heavy atom. The molecule has 1 nitrogen and oxygen atoms in total. The third kappa shape index (κ3) is 2.46. The Hall–Kier alpha value is -1.15. The van der Waals surface area contributed by atoms with Gasteiger partial charge in [-0.25, -0.2) is 0 Å². The summed E-state index contributed by atoms with van der Waals surface area (Å²) in [6.07, 6.45) is 4.20. The van der Waals surface area contributed by atoms with E-state index in [1.165, 1.54) is 47.1 Å². The predicted octanol–water partition coefficient (Wildman–Crippen LogP) is 4.32. The van der Waals surface area contributed by atoms with Crippen LogP contribution in [0.25, 0.3) is 10.8 Å². The van der Waals surface area contributed by atoms with Crippen LogP contribution in [-0.4, -0.2) is 18.6 Å². The molecule has 1 saturated heterocycles. The zero-order valence-electron chi connectivity index (χ0n) is 11.7. The van der Waals surface area contributed by atoms with Crippen molar-refractivity contribution >= 4 is 21.7 Å². The van der Waals surface area contributed by atoms with Crippen LogP contribution in [0.2, 0.25) is 0 Å². The molecule has 0 unspecified atom stereocenters. The molecule has 0 N–H and O–H groups in total. The monoisotopic (exact) mass is 273 g/mol. The van der Waals surface area contributed by atoms with Gasteiger partial charge >= 0.3 is 0 Å². The molecule has 1 heterocycles. The number of methoxy groups -OCH3 is 1. The molecule has 2 heteroatoms. The first-order valence-electron chi connectivity index (χ1n) is 7.04. The summed E-state index contributed by atoms with van der Waals surface area (Å²) < 4.78 is 5.53. The van der Waals surface area contributed by atoms with Crippen LogP contribution in [0.3, 0.4) is 0 Å². The fourth-order valence-electron chi connectivity index (χ4n) is 2.89. The highest BCUT2D eigenvalue weighted by molar-refractivity contribution is 7.97. The number of benzene rings is 2. The van der Waals surface area contributed by atoms with Gasteiger partial charge in [0.2, 0.25) is 0 Å². The molecule has 2 aromatic rings. The highest BCUT2D eigenvalue weighted by atomic mass is 32.2. The van der Waals surface area contributed by atoms with Crippen LogP contribution in [0.4, 0.5) is 0 Å². The number of aryl methyl sites for hydroxylation is 1. The van der Waals surface area contributed by atoms with Gasteiger partial charge in [-0.3, -0.25) is 0 Å². The van der Waals surface area contributed by atoms with Gasteiger partial charge in [0.15, 0.2) is 4.90 Å². The lowest BCUT2D eigenvalue weighted by Gasteiger charge is -2.16. The molecule has 0 aromatic heterocycles. The lowest BCUT2D eigenvalue weighted by atomic mass is 10.1. The van der Waals surface area contributed by atoms with Crippen LogP contribution in [0.1, 0.15) is 24.8 Å². The second-order valence-corrected chi connectivity index (χ2v) is 7.52. The van der Waals surface area contributed by atoms with Crippen molar-refractivity contribution in [2.24, 2.45) is 0 Å². The topological polar surface area (TPSA) is 9.23 Å². The van der Waals surface area contributed by atoms with Crippen molar-refractivity contribution in [3.05, 3.63) is 35.9 Å². The van der Waals surface area contributed by atoms with Gasteiger partial charge in [0.1, 0.15) is 17.3 Å². The van der Waals surface area contributed by atoms with E-state index < -0.39 is 0 Å². The van der Waals surface area contributed by atoms with Gasteiger partial charge in [-0.15, -0.1) is 0 Å². The molecule has 0 amide bonds. The van der Waals surface area contributed by atoms with Gasteiger partial charge in [-0.2, -0.15) is 0 Å². The maximum atomic E-state index is 5.53. The van der Waals surface area contributed by atoms with Gasteiger partial charge in [0.25, 0.3) is 0 Å². The number of hydrogen-bond acceptors (Lipinski definition) is 1. The zero-order chi connectivity index (χ0) is 13.2. The molecule has 1 fully saturated rings. The number of fused-ring (bicyclic) bond motifs is 1. The second-order valence-electron chi connectivity index (χ2n) is 5.28. The minimum Gasteiger partial charge on any atom is -0.496 e. The third-order valence-corrected chi connectivity index (χ3v) is 6.45. The molecular weight excluding hydrogens is 252 g/mol. The summed E-state index contributed by atoms with van der Waals surface area (Å²) in [4.78, 5) is 1.55. The van der Waals surface area contributed by atoms with Gasteiger partial charge in [0.05, 0.1) is 7.11 Å². The van der Waals surface area contributed by atoms with Gasteiger partial charge in [0, 0.05) is 21.7 Å². The molecule has 1 aliphatic heterocycles. The largest absolute Gasteiger partial charge is 0.496 e. The SMILES string of the molecule is COc1ccc([S+]2CCCCC2)c2ccc(C)cc12. The summed E-state index contributed by atoms with van der Waals surface area (Å²) in [6.45, 7) is 2.15. The zero-order valence-corrected chi connectivity index (χ0v) is 12.6. The van der Waals surface area contributed by atoms with Crippen LogP contribution in [0.5, 0.6) is 5.75 Å². The van der Waals surface area contributed by atoms with Gasteiger partial charge in [-0.05, 0) is 50.5 Å². The van der Waals surface area contributed by atoms with E-state index in [-0.39, 0.29) is 0 Å². The summed E-state index contributed by atoms with van der Waals surface area (Å²) in [6, 6.07) is 11.2. The Bertz CT molecular complexity index is 585. The summed E-state index contributed by atoms with van der Waals surface area (Å²) >= 11 is 0. The highest BCUT2D eigenvalue weighted by Crippen LogP contribution is 2.34. The Labute approximate surface area is 118 Å². The fraction of sp³-hybridized carbons (Fsp3) is 0.412. The highest BCUT2D eigenvalue weighted by Gasteiger charge is 2.27. The van der Waals surface area contributed by atoms with Crippen molar-refractivity contribution in [3.8, 4) is 5.75 Å². The lowest BCUT2D eigenvalue weighted by Crippen LogP contribution is -2.17. The summed E-state index contributed by atoms with van der Waals surface area (Å²) in [5.74, 6) is 3.74. The minimum absolute atomic E-state index is 0.445. The van der Waals surface area contributed by atoms with Crippen molar-refractivity contribution in [1.29, 1.82) is 0 Å². The maximum absolute atomic E-state index is 5.53. The van der Waals surface area contributed by atoms with Crippen molar-refractivity contribution in [2.75, 3.05) is 18.6 Å². The molecule has 0 spiro atoms. The van der Waals surface area contributed by atoms with E-state index in [1.54, 1.807) is 12.0 Å². The van der Waals surface area contributed by atoms with Crippen LogP contribution in [-0.2, 0) is 10.9 Å².